The highest BCUT2D eigenvalue weighted by molar-refractivity contribution is 5.81. The van der Waals surface area contributed by atoms with Crippen molar-refractivity contribution in [1.29, 1.82) is 0 Å². The van der Waals surface area contributed by atoms with Gasteiger partial charge in [-0.15, -0.1) is 0 Å². The van der Waals surface area contributed by atoms with E-state index in [0.717, 1.165) is 45.8 Å². The van der Waals surface area contributed by atoms with Crippen molar-refractivity contribution in [3.8, 4) is 0 Å². The van der Waals surface area contributed by atoms with Crippen molar-refractivity contribution < 1.29 is 4.79 Å². The highest BCUT2D eigenvalue weighted by atomic mass is 16.2. The highest BCUT2D eigenvalue weighted by Crippen LogP contribution is 2.15. The molecule has 116 valence electrons. The van der Waals surface area contributed by atoms with Gasteiger partial charge in [-0.25, -0.2) is 0 Å². The molecule has 20 heavy (non-hydrogen) atoms. The minimum Gasteiger partial charge on any atom is -0.339 e. The predicted molar refractivity (Wildman–Crippen MR) is 81.8 cm³/mol. The number of carbonyl (C=O) groups excluding carboxylic acids is 1. The fourth-order valence-corrected chi connectivity index (χ4v) is 3.30. The number of likely N-dealkylation sites (N-methyl/N-ethyl adjacent to an activating group) is 2. The monoisotopic (exact) mass is 282 g/mol. The summed E-state index contributed by atoms with van der Waals surface area (Å²) in [6.07, 6.45) is 2.41. The van der Waals surface area contributed by atoms with Crippen LogP contribution in [0.5, 0.6) is 0 Å². The standard InChI is InChI=1S/C15H30N4O/c1-4-17-8-10-18(11-9-17)15(20)13(2)19-7-5-6-14(12-19)16-3/h13-14,16H,4-12H2,1-3H3. The normalized spacial score (nSPS) is 27.6. The Bertz CT molecular complexity index is 315. The molecule has 0 aromatic carbocycles. The van der Waals surface area contributed by atoms with Gasteiger partial charge >= 0.3 is 0 Å². The summed E-state index contributed by atoms with van der Waals surface area (Å²) in [5.74, 6) is 0.317. The number of nitrogens with zero attached hydrogens (tertiary/aromatic N) is 3. The lowest BCUT2D eigenvalue weighted by atomic mass is 10.0. The Labute approximate surface area is 123 Å². The minimum absolute atomic E-state index is 0.0272. The maximum absolute atomic E-state index is 12.6. The van der Waals surface area contributed by atoms with Gasteiger partial charge in [0.15, 0.2) is 0 Å². The Morgan fingerprint density at radius 3 is 2.55 bits per heavy atom. The summed E-state index contributed by atoms with van der Waals surface area (Å²) in [5, 5.41) is 3.35. The van der Waals surface area contributed by atoms with E-state index >= 15 is 0 Å². The molecule has 2 aliphatic heterocycles. The van der Waals surface area contributed by atoms with E-state index in [1.807, 2.05) is 7.05 Å². The summed E-state index contributed by atoms with van der Waals surface area (Å²) in [7, 11) is 2.02. The molecule has 2 saturated heterocycles. The summed E-state index contributed by atoms with van der Waals surface area (Å²) < 4.78 is 0. The van der Waals surface area contributed by atoms with Gasteiger partial charge in [-0.1, -0.05) is 6.92 Å². The molecule has 2 atom stereocenters. The van der Waals surface area contributed by atoms with Crippen molar-refractivity contribution in [2.75, 3.05) is 52.9 Å². The van der Waals surface area contributed by atoms with Crippen molar-refractivity contribution >= 4 is 5.91 Å². The van der Waals surface area contributed by atoms with Gasteiger partial charge in [0, 0.05) is 38.8 Å². The molecule has 0 bridgehead atoms. The molecule has 0 aromatic heterocycles. The molecule has 0 saturated carbocycles. The van der Waals surface area contributed by atoms with E-state index in [9.17, 15) is 4.79 Å². The lowest BCUT2D eigenvalue weighted by molar-refractivity contribution is -0.138. The Balaban J connectivity index is 1.85. The summed E-state index contributed by atoms with van der Waals surface area (Å²) in [6, 6.07) is 0.565. The third-order valence-electron chi connectivity index (χ3n) is 4.90. The number of rotatable bonds is 4. The van der Waals surface area contributed by atoms with E-state index < -0.39 is 0 Å². The van der Waals surface area contributed by atoms with Crippen LogP contribution in [0.4, 0.5) is 0 Å². The van der Waals surface area contributed by atoms with Gasteiger partial charge in [0.2, 0.25) is 5.91 Å². The van der Waals surface area contributed by atoms with Crippen LogP contribution in [0.3, 0.4) is 0 Å². The first-order chi connectivity index (χ1) is 9.65. The zero-order chi connectivity index (χ0) is 14.5. The summed E-state index contributed by atoms with van der Waals surface area (Å²) >= 11 is 0. The van der Waals surface area contributed by atoms with E-state index in [1.165, 1.54) is 12.8 Å². The molecule has 1 N–H and O–H groups in total. The number of carbonyl (C=O) groups is 1. The zero-order valence-corrected chi connectivity index (χ0v) is 13.3. The van der Waals surface area contributed by atoms with Crippen molar-refractivity contribution in [2.24, 2.45) is 0 Å². The zero-order valence-electron chi connectivity index (χ0n) is 13.3. The first-order valence-corrected chi connectivity index (χ1v) is 8.08. The van der Waals surface area contributed by atoms with Gasteiger partial charge in [-0.05, 0) is 39.9 Å². The average molecular weight is 282 g/mol. The van der Waals surface area contributed by atoms with Crippen molar-refractivity contribution in [2.45, 2.75) is 38.8 Å². The molecular weight excluding hydrogens is 252 g/mol. The molecule has 2 unspecified atom stereocenters. The molecule has 2 rings (SSSR count). The summed E-state index contributed by atoms with van der Waals surface area (Å²) in [5.41, 5.74) is 0. The van der Waals surface area contributed by atoms with Crippen LogP contribution in [0.1, 0.15) is 26.7 Å². The predicted octanol–water partition coefficient (Wildman–Crippen LogP) is 0.223. The van der Waals surface area contributed by atoms with Crippen LogP contribution < -0.4 is 5.32 Å². The second kappa shape index (κ2) is 7.38. The van der Waals surface area contributed by atoms with Crippen molar-refractivity contribution in [3.63, 3.8) is 0 Å². The van der Waals surface area contributed by atoms with Crippen LogP contribution in [0.25, 0.3) is 0 Å². The summed E-state index contributed by atoms with van der Waals surface area (Å²) in [6.45, 7) is 11.2. The summed E-state index contributed by atoms with van der Waals surface area (Å²) in [4.78, 5) is 19.4. The van der Waals surface area contributed by atoms with Crippen LogP contribution in [0.15, 0.2) is 0 Å². The Kier molecular flexibility index (Phi) is 5.81. The van der Waals surface area contributed by atoms with Crippen LogP contribution in [0.2, 0.25) is 0 Å². The number of nitrogens with one attached hydrogen (secondary N) is 1. The molecule has 0 radical (unpaired) electrons. The Hall–Kier alpha value is -0.650. The largest absolute Gasteiger partial charge is 0.339 e. The number of piperazine rings is 1. The molecule has 0 aliphatic carbocycles. The average Bonchev–Trinajstić information content (AvgIpc) is 2.53. The molecule has 2 heterocycles. The van der Waals surface area contributed by atoms with Gasteiger partial charge in [0.1, 0.15) is 0 Å². The van der Waals surface area contributed by atoms with E-state index in [4.69, 9.17) is 0 Å². The maximum atomic E-state index is 12.6. The Morgan fingerprint density at radius 2 is 1.95 bits per heavy atom. The number of amides is 1. The molecule has 2 aliphatic rings. The van der Waals surface area contributed by atoms with Gasteiger partial charge in [0.25, 0.3) is 0 Å². The van der Waals surface area contributed by atoms with Crippen molar-refractivity contribution in [3.05, 3.63) is 0 Å². The smallest absolute Gasteiger partial charge is 0.239 e. The lowest BCUT2D eigenvalue weighted by Crippen LogP contribution is -2.56. The second-order valence-corrected chi connectivity index (χ2v) is 6.06. The number of piperidine rings is 1. The molecule has 0 spiro atoms. The molecule has 5 nitrogen and oxygen atoms in total. The Morgan fingerprint density at radius 1 is 1.25 bits per heavy atom. The van der Waals surface area contributed by atoms with E-state index in [1.54, 1.807) is 0 Å². The minimum atomic E-state index is 0.0272. The quantitative estimate of drug-likeness (QED) is 0.801. The first kappa shape index (κ1) is 15.7. The molecule has 1 amide bonds. The highest BCUT2D eigenvalue weighted by Gasteiger charge is 2.30. The fourth-order valence-electron chi connectivity index (χ4n) is 3.30. The van der Waals surface area contributed by atoms with E-state index in [2.05, 4.69) is 33.9 Å². The number of hydrogen-bond acceptors (Lipinski definition) is 4. The van der Waals surface area contributed by atoms with Gasteiger partial charge in [-0.2, -0.15) is 0 Å². The SMILES string of the molecule is CCN1CCN(C(=O)C(C)N2CCCC(NC)C2)CC1. The third kappa shape index (κ3) is 3.71. The molecule has 5 heteroatoms. The first-order valence-electron chi connectivity index (χ1n) is 8.08. The molecular formula is C15H30N4O. The second-order valence-electron chi connectivity index (χ2n) is 6.06. The van der Waals surface area contributed by atoms with Crippen LogP contribution in [-0.2, 0) is 4.79 Å². The van der Waals surface area contributed by atoms with Gasteiger partial charge in [-0.3, -0.25) is 9.69 Å². The molecule has 2 fully saturated rings. The lowest BCUT2D eigenvalue weighted by Gasteiger charge is -2.40. The van der Waals surface area contributed by atoms with Crippen LogP contribution in [0, 0.1) is 0 Å². The topological polar surface area (TPSA) is 38.8 Å². The van der Waals surface area contributed by atoms with E-state index in [0.29, 0.717) is 11.9 Å². The van der Waals surface area contributed by atoms with Crippen LogP contribution in [-0.4, -0.2) is 85.6 Å². The van der Waals surface area contributed by atoms with E-state index in [-0.39, 0.29) is 6.04 Å². The number of hydrogen-bond donors (Lipinski definition) is 1. The van der Waals surface area contributed by atoms with Gasteiger partial charge in [0.05, 0.1) is 6.04 Å². The van der Waals surface area contributed by atoms with Crippen molar-refractivity contribution in [1.82, 2.24) is 20.0 Å². The third-order valence-corrected chi connectivity index (χ3v) is 4.90. The van der Waals surface area contributed by atoms with Crippen LogP contribution >= 0.6 is 0 Å². The van der Waals surface area contributed by atoms with Gasteiger partial charge < -0.3 is 15.1 Å². The maximum Gasteiger partial charge on any atom is 0.239 e. The molecule has 0 aromatic rings. The number of likely N-dealkylation sites (tertiary alicyclic amines) is 1. The fraction of sp³-hybridized carbons (Fsp3) is 0.933.